The summed E-state index contributed by atoms with van der Waals surface area (Å²) < 4.78 is 5.15. The van der Waals surface area contributed by atoms with Gasteiger partial charge in [0.2, 0.25) is 5.91 Å². The molecule has 9 heteroatoms. The van der Waals surface area contributed by atoms with Gasteiger partial charge in [0.25, 0.3) is 5.91 Å². The number of esters is 1. The van der Waals surface area contributed by atoms with Crippen LogP contribution in [0.25, 0.3) is 10.4 Å². The highest BCUT2D eigenvalue weighted by molar-refractivity contribution is 7.18. The smallest absolute Gasteiger partial charge is 0.350 e. The summed E-state index contributed by atoms with van der Waals surface area (Å²) in [5.41, 5.74) is 0.371. The number of nitrogens with one attached hydrogen (secondary N) is 1. The average molecular weight is 470 g/mol. The van der Waals surface area contributed by atoms with Crippen molar-refractivity contribution in [3.63, 3.8) is 0 Å². The minimum Gasteiger partial charge on any atom is -0.462 e. The maximum Gasteiger partial charge on any atom is 0.350 e. The Morgan fingerprint density at radius 2 is 1.82 bits per heavy atom. The van der Waals surface area contributed by atoms with Crippen LogP contribution in [-0.2, 0) is 14.3 Å². The molecule has 174 valence electrons. The summed E-state index contributed by atoms with van der Waals surface area (Å²) in [6.07, 6.45) is 4.03. The molecular weight excluding hydrogens is 442 g/mol. The molecule has 1 aromatic carbocycles. The number of carbonyl (C=O) groups excluding carboxylic acids is 4. The standard InChI is InChI=1S/C24H27N3O5S/c1-3-32-21(29)20-17(14-18(33-20)16-10-6-4-7-11-16)25-19(28)15-27-22(30)24(26(2)23(27)31)12-8-5-9-13-24/h4,6-7,10-11,14H,3,5,8-9,12-13,15H2,1-2H3,(H,25,28). The lowest BCUT2D eigenvalue weighted by atomic mass is 9.81. The normalized spacial score (nSPS) is 17.5. The average Bonchev–Trinajstić information content (AvgIpc) is 3.31. The van der Waals surface area contributed by atoms with E-state index in [9.17, 15) is 19.2 Å². The van der Waals surface area contributed by atoms with Crippen molar-refractivity contribution in [2.24, 2.45) is 0 Å². The highest BCUT2D eigenvalue weighted by Crippen LogP contribution is 2.39. The molecule has 33 heavy (non-hydrogen) atoms. The zero-order valence-electron chi connectivity index (χ0n) is 18.8. The lowest BCUT2D eigenvalue weighted by Crippen LogP contribution is -2.49. The number of carbonyl (C=O) groups is 4. The van der Waals surface area contributed by atoms with E-state index in [1.165, 1.54) is 16.2 Å². The van der Waals surface area contributed by atoms with Crippen LogP contribution in [0.15, 0.2) is 36.4 Å². The van der Waals surface area contributed by atoms with Crippen molar-refractivity contribution in [2.75, 3.05) is 25.5 Å². The number of likely N-dealkylation sites (N-methyl/N-ethyl adjacent to an activating group) is 1. The van der Waals surface area contributed by atoms with Gasteiger partial charge in [-0.25, -0.2) is 9.59 Å². The molecule has 0 bridgehead atoms. The fourth-order valence-corrected chi connectivity index (χ4v) is 5.59. The molecule has 2 aromatic rings. The summed E-state index contributed by atoms with van der Waals surface area (Å²) in [5, 5.41) is 2.72. The first-order chi connectivity index (χ1) is 15.9. The SMILES string of the molecule is CCOC(=O)c1sc(-c2ccccc2)cc1NC(=O)CN1C(=O)N(C)C2(CCCCC2)C1=O. The Hall–Kier alpha value is -3.20. The van der Waals surface area contributed by atoms with Crippen LogP contribution in [0.4, 0.5) is 10.5 Å². The molecule has 1 saturated carbocycles. The molecule has 1 spiro atoms. The third-order valence-electron chi connectivity index (χ3n) is 6.31. The first-order valence-corrected chi connectivity index (χ1v) is 11.9. The van der Waals surface area contributed by atoms with E-state index in [1.807, 2.05) is 30.3 Å². The Morgan fingerprint density at radius 3 is 2.48 bits per heavy atom. The second kappa shape index (κ2) is 9.35. The minimum atomic E-state index is -0.839. The predicted octanol–water partition coefficient (Wildman–Crippen LogP) is 4.13. The van der Waals surface area contributed by atoms with Gasteiger partial charge in [-0.1, -0.05) is 49.6 Å². The van der Waals surface area contributed by atoms with Gasteiger partial charge in [-0.2, -0.15) is 0 Å². The molecule has 2 aliphatic rings. The van der Waals surface area contributed by atoms with E-state index in [0.717, 1.165) is 34.6 Å². The molecule has 4 amide bonds. The molecule has 1 saturated heterocycles. The van der Waals surface area contributed by atoms with Crippen LogP contribution in [0.1, 0.15) is 48.7 Å². The molecule has 2 heterocycles. The van der Waals surface area contributed by atoms with Gasteiger partial charge in [0, 0.05) is 11.9 Å². The molecule has 1 aromatic heterocycles. The lowest BCUT2D eigenvalue weighted by Gasteiger charge is -2.35. The molecule has 0 atom stereocenters. The number of hydrogen-bond donors (Lipinski definition) is 1. The summed E-state index contributed by atoms with van der Waals surface area (Å²) in [6, 6.07) is 10.7. The summed E-state index contributed by atoms with van der Waals surface area (Å²) in [4.78, 5) is 54.9. The predicted molar refractivity (Wildman–Crippen MR) is 125 cm³/mol. The van der Waals surface area contributed by atoms with Crippen molar-refractivity contribution < 1.29 is 23.9 Å². The Bertz CT molecular complexity index is 1080. The molecule has 1 aliphatic heterocycles. The van der Waals surface area contributed by atoms with Crippen LogP contribution in [0, 0.1) is 0 Å². The number of anilines is 1. The van der Waals surface area contributed by atoms with Gasteiger partial charge < -0.3 is 15.0 Å². The van der Waals surface area contributed by atoms with E-state index in [1.54, 1.807) is 20.0 Å². The Balaban J connectivity index is 1.54. The molecule has 1 N–H and O–H groups in total. The lowest BCUT2D eigenvalue weighted by molar-refractivity contribution is -0.136. The van der Waals surface area contributed by atoms with Crippen molar-refractivity contribution in [3.05, 3.63) is 41.3 Å². The van der Waals surface area contributed by atoms with Crippen molar-refractivity contribution in [2.45, 2.75) is 44.6 Å². The van der Waals surface area contributed by atoms with E-state index in [2.05, 4.69) is 5.32 Å². The molecular formula is C24H27N3O5S. The number of imide groups is 1. The zero-order valence-corrected chi connectivity index (χ0v) is 19.6. The van der Waals surface area contributed by atoms with Crippen molar-refractivity contribution >= 4 is 40.8 Å². The highest BCUT2D eigenvalue weighted by atomic mass is 32.1. The van der Waals surface area contributed by atoms with E-state index in [-0.39, 0.29) is 17.4 Å². The number of hydrogen-bond acceptors (Lipinski definition) is 6. The largest absolute Gasteiger partial charge is 0.462 e. The van der Waals surface area contributed by atoms with Crippen LogP contribution in [0.5, 0.6) is 0 Å². The van der Waals surface area contributed by atoms with Gasteiger partial charge in [-0.15, -0.1) is 11.3 Å². The summed E-state index contributed by atoms with van der Waals surface area (Å²) >= 11 is 1.22. The highest BCUT2D eigenvalue weighted by Gasteiger charge is 2.55. The van der Waals surface area contributed by atoms with Crippen LogP contribution in [0.3, 0.4) is 0 Å². The van der Waals surface area contributed by atoms with Crippen molar-refractivity contribution in [1.29, 1.82) is 0 Å². The van der Waals surface area contributed by atoms with E-state index < -0.39 is 30.0 Å². The Morgan fingerprint density at radius 1 is 1.12 bits per heavy atom. The monoisotopic (exact) mass is 469 g/mol. The number of ether oxygens (including phenoxy) is 1. The number of benzene rings is 1. The Labute approximate surface area is 196 Å². The molecule has 4 rings (SSSR count). The topological polar surface area (TPSA) is 96.0 Å². The molecule has 0 radical (unpaired) electrons. The van der Waals surface area contributed by atoms with E-state index in [4.69, 9.17) is 4.74 Å². The maximum atomic E-state index is 13.2. The van der Waals surface area contributed by atoms with Gasteiger partial charge in [0.1, 0.15) is 17.0 Å². The number of amides is 4. The van der Waals surface area contributed by atoms with E-state index >= 15 is 0 Å². The van der Waals surface area contributed by atoms with Crippen molar-refractivity contribution in [3.8, 4) is 10.4 Å². The molecule has 8 nitrogen and oxygen atoms in total. The number of urea groups is 1. The van der Waals surface area contributed by atoms with Crippen LogP contribution >= 0.6 is 11.3 Å². The van der Waals surface area contributed by atoms with Gasteiger partial charge in [0.05, 0.1) is 12.3 Å². The van der Waals surface area contributed by atoms with Gasteiger partial charge in [0.15, 0.2) is 0 Å². The fourth-order valence-electron chi connectivity index (χ4n) is 4.58. The minimum absolute atomic E-state index is 0.204. The zero-order chi connectivity index (χ0) is 23.6. The first kappa shape index (κ1) is 23.0. The third-order valence-corrected chi connectivity index (χ3v) is 7.48. The maximum absolute atomic E-state index is 13.2. The van der Waals surface area contributed by atoms with Gasteiger partial charge in [-0.3, -0.25) is 14.5 Å². The second-order valence-corrected chi connectivity index (χ2v) is 9.37. The summed E-state index contributed by atoms with van der Waals surface area (Å²) in [7, 11) is 1.63. The number of rotatable bonds is 6. The van der Waals surface area contributed by atoms with Crippen LogP contribution in [-0.4, -0.2) is 59.4 Å². The quantitative estimate of drug-likeness (QED) is 0.507. The van der Waals surface area contributed by atoms with E-state index in [0.29, 0.717) is 18.5 Å². The van der Waals surface area contributed by atoms with Crippen LogP contribution in [0.2, 0.25) is 0 Å². The summed E-state index contributed by atoms with van der Waals surface area (Å²) in [5.74, 6) is -1.39. The van der Waals surface area contributed by atoms with Gasteiger partial charge >= 0.3 is 12.0 Å². The Kier molecular flexibility index (Phi) is 6.51. The summed E-state index contributed by atoms with van der Waals surface area (Å²) in [6.45, 7) is 1.52. The van der Waals surface area contributed by atoms with Gasteiger partial charge in [-0.05, 0) is 31.4 Å². The third kappa shape index (κ3) is 4.25. The molecule has 1 aliphatic carbocycles. The molecule has 2 fully saturated rings. The second-order valence-electron chi connectivity index (χ2n) is 8.31. The van der Waals surface area contributed by atoms with Crippen molar-refractivity contribution in [1.82, 2.24) is 9.80 Å². The fraction of sp³-hybridized carbons (Fsp3) is 0.417. The van der Waals surface area contributed by atoms with Crippen LogP contribution < -0.4 is 5.32 Å². The number of nitrogens with zero attached hydrogens (tertiary/aromatic N) is 2. The number of thiophene rings is 1. The first-order valence-electron chi connectivity index (χ1n) is 11.1. The molecule has 0 unspecified atom stereocenters.